The number of aromatic amines is 1. The molecule has 2 aliphatic rings. The zero-order valence-electron chi connectivity index (χ0n) is 14.5. The molecule has 1 aromatic carbocycles. The van der Waals surface area contributed by atoms with Gasteiger partial charge in [0.2, 0.25) is 5.91 Å². The minimum absolute atomic E-state index is 0.335. The number of amides is 4. The van der Waals surface area contributed by atoms with Crippen LogP contribution in [0.2, 0.25) is 0 Å². The predicted molar refractivity (Wildman–Crippen MR) is 93.4 cm³/mol. The molecule has 4 rings (SSSR count). The number of H-pyrrole nitrogens is 1. The minimum atomic E-state index is -1.05. The van der Waals surface area contributed by atoms with Gasteiger partial charge in [0, 0.05) is 0 Å². The lowest BCUT2D eigenvalue weighted by Crippen LogP contribution is -2.43. The Labute approximate surface area is 150 Å². The lowest BCUT2D eigenvalue weighted by Gasteiger charge is -2.22. The number of carbonyl (C=O) groups is 3. The van der Waals surface area contributed by atoms with Gasteiger partial charge in [0.05, 0.1) is 17.1 Å². The first kappa shape index (κ1) is 16.3. The van der Waals surface area contributed by atoms with E-state index < -0.39 is 17.5 Å². The van der Waals surface area contributed by atoms with Crippen LogP contribution in [0.3, 0.4) is 0 Å². The Hall–Kier alpha value is -3.16. The van der Waals surface area contributed by atoms with Crippen LogP contribution < -0.4 is 10.6 Å². The van der Waals surface area contributed by atoms with Crippen molar-refractivity contribution >= 4 is 23.5 Å². The van der Waals surface area contributed by atoms with E-state index in [0.29, 0.717) is 23.5 Å². The molecule has 134 valence electrons. The highest BCUT2D eigenvalue weighted by molar-refractivity contribution is 6.11. The van der Waals surface area contributed by atoms with Crippen molar-refractivity contribution in [3.63, 3.8) is 0 Å². The molecule has 1 unspecified atom stereocenters. The number of hydrogen-bond donors (Lipinski definition) is 3. The normalized spacial score (nSPS) is 21.2. The van der Waals surface area contributed by atoms with E-state index in [9.17, 15) is 14.4 Å². The maximum absolute atomic E-state index is 13.0. The monoisotopic (exact) mass is 353 g/mol. The summed E-state index contributed by atoms with van der Waals surface area (Å²) in [7, 11) is 0. The van der Waals surface area contributed by atoms with Gasteiger partial charge in [-0.15, -0.1) is 0 Å². The van der Waals surface area contributed by atoms with E-state index in [-0.39, 0.29) is 12.5 Å². The average Bonchev–Trinajstić information content (AvgIpc) is 3.22. The fourth-order valence-corrected chi connectivity index (χ4v) is 3.79. The van der Waals surface area contributed by atoms with Gasteiger partial charge in [0.15, 0.2) is 0 Å². The SMILES string of the molecule is Cc1n[nH]c(C)c1NC(=O)CN1C(=O)NC2(CCc3ccccc32)C1=O. The van der Waals surface area contributed by atoms with E-state index in [1.165, 1.54) is 0 Å². The molecule has 0 radical (unpaired) electrons. The molecule has 2 heterocycles. The number of benzene rings is 1. The molecule has 8 nitrogen and oxygen atoms in total. The minimum Gasteiger partial charge on any atom is -0.321 e. The number of aryl methyl sites for hydroxylation is 3. The molecule has 8 heteroatoms. The third kappa shape index (κ3) is 2.29. The van der Waals surface area contributed by atoms with E-state index in [2.05, 4.69) is 20.8 Å². The highest BCUT2D eigenvalue weighted by Crippen LogP contribution is 2.41. The smallest absolute Gasteiger partial charge is 0.321 e. The van der Waals surface area contributed by atoms with Crippen LogP contribution in [0, 0.1) is 13.8 Å². The predicted octanol–water partition coefficient (Wildman–Crippen LogP) is 1.36. The number of nitrogens with one attached hydrogen (secondary N) is 3. The van der Waals surface area contributed by atoms with Gasteiger partial charge in [-0.25, -0.2) is 4.79 Å². The second kappa shape index (κ2) is 5.69. The fraction of sp³-hybridized carbons (Fsp3) is 0.333. The van der Waals surface area contributed by atoms with Crippen molar-refractivity contribution in [3.8, 4) is 0 Å². The quantitative estimate of drug-likeness (QED) is 0.724. The number of nitrogens with zero attached hydrogens (tertiary/aromatic N) is 2. The molecular weight excluding hydrogens is 334 g/mol. The first-order valence-corrected chi connectivity index (χ1v) is 8.46. The molecule has 1 atom stereocenters. The Kier molecular flexibility index (Phi) is 3.57. The van der Waals surface area contributed by atoms with E-state index >= 15 is 0 Å². The van der Waals surface area contributed by atoms with Crippen molar-refractivity contribution in [1.82, 2.24) is 20.4 Å². The van der Waals surface area contributed by atoms with Crippen molar-refractivity contribution in [3.05, 3.63) is 46.8 Å². The zero-order valence-corrected chi connectivity index (χ0v) is 14.5. The van der Waals surface area contributed by atoms with Gasteiger partial charge in [-0.1, -0.05) is 24.3 Å². The molecule has 0 saturated carbocycles. The number of imide groups is 1. The molecule has 1 aliphatic heterocycles. The van der Waals surface area contributed by atoms with Gasteiger partial charge >= 0.3 is 6.03 Å². The molecule has 1 fully saturated rings. The average molecular weight is 353 g/mol. The van der Waals surface area contributed by atoms with E-state index in [1.807, 2.05) is 24.3 Å². The van der Waals surface area contributed by atoms with Crippen LogP contribution in [0.25, 0.3) is 0 Å². The van der Waals surface area contributed by atoms with Gasteiger partial charge in [-0.05, 0) is 37.8 Å². The molecule has 4 amide bonds. The number of aromatic nitrogens is 2. The Morgan fingerprint density at radius 3 is 2.81 bits per heavy atom. The lowest BCUT2D eigenvalue weighted by atomic mass is 9.92. The molecular formula is C18H19N5O3. The summed E-state index contributed by atoms with van der Waals surface area (Å²) in [6.45, 7) is 3.21. The number of anilines is 1. The second-order valence-electron chi connectivity index (χ2n) is 6.74. The molecule has 3 N–H and O–H groups in total. The van der Waals surface area contributed by atoms with Crippen molar-refractivity contribution in [2.45, 2.75) is 32.2 Å². The molecule has 1 spiro atoms. The number of rotatable bonds is 3. The van der Waals surface area contributed by atoms with Gasteiger partial charge in [0.25, 0.3) is 5.91 Å². The van der Waals surface area contributed by atoms with Crippen molar-refractivity contribution in [2.75, 3.05) is 11.9 Å². The van der Waals surface area contributed by atoms with Crippen LogP contribution in [0.4, 0.5) is 10.5 Å². The molecule has 1 saturated heterocycles. The Bertz CT molecular complexity index is 915. The standard InChI is InChI=1S/C18H19N5O3/c1-10-15(11(2)22-21-10)19-14(24)9-23-16(25)18(20-17(23)26)8-7-12-5-3-4-6-13(12)18/h3-6H,7-9H2,1-2H3,(H,19,24)(H,20,26)(H,21,22). The van der Waals surface area contributed by atoms with Crippen LogP contribution >= 0.6 is 0 Å². The lowest BCUT2D eigenvalue weighted by molar-refractivity contribution is -0.134. The molecule has 2 aromatic rings. The highest BCUT2D eigenvalue weighted by Gasteiger charge is 2.55. The Balaban J connectivity index is 1.55. The first-order chi connectivity index (χ1) is 12.4. The molecule has 1 aromatic heterocycles. The van der Waals surface area contributed by atoms with E-state index in [0.717, 1.165) is 22.4 Å². The summed E-state index contributed by atoms with van der Waals surface area (Å²) in [5, 5.41) is 12.3. The third-order valence-electron chi connectivity index (χ3n) is 5.12. The largest absolute Gasteiger partial charge is 0.325 e. The summed E-state index contributed by atoms with van der Waals surface area (Å²) in [6, 6.07) is 7.05. The second-order valence-corrected chi connectivity index (χ2v) is 6.74. The number of fused-ring (bicyclic) bond motifs is 2. The fourth-order valence-electron chi connectivity index (χ4n) is 3.79. The van der Waals surface area contributed by atoms with E-state index in [4.69, 9.17) is 0 Å². The highest BCUT2D eigenvalue weighted by atomic mass is 16.2. The summed E-state index contributed by atoms with van der Waals surface area (Å²) in [4.78, 5) is 38.8. The summed E-state index contributed by atoms with van der Waals surface area (Å²) in [6.07, 6.45) is 1.23. The summed E-state index contributed by atoms with van der Waals surface area (Å²) in [5.41, 5.74) is 2.77. The summed E-state index contributed by atoms with van der Waals surface area (Å²) >= 11 is 0. The molecule has 0 bridgehead atoms. The number of carbonyl (C=O) groups excluding carboxylic acids is 3. The number of hydrogen-bond acceptors (Lipinski definition) is 4. The molecule has 26 heavy (non-hydrogen) atoms. The topological polar surface area (TPSA) is 107 Å². The zero-order chi connectivity index (χ0) is 18.5. The Morgan fingerprint density at radius 1 is 1.31 bits per heavy atom. The third-order valence-corrected chi connectivity index (χ3v) is 5.12. The van der Waals surface area contributed by atoms with Crippen molar-refractivity contribution in [1.29, 1.82) is 0 Å². The van der Waals surface area contributed by atoms with Crippen molar-refractivity contribution in [2.24, 2.45) is 0 Å². The van der Waals surface area contributed by atoms with Gasteiger partial charge in [-0.2, -0.15) is 5.10 Å². The van der Waals surface area contributed by atoms with Gasteiger partial charge < -0.3 is 10.6 Å². The maximum atomic E-state index is 13.0. The summed E-state index contributed by atoms with van der Waals surface area (Å²) < 4.78 is 0. The van der Waals surface area contributed by atoms with Crippen LogP contribution in [-0.4, -0.2) is 39.5 Å². The number of urea groups is 1. The Morgan fingerprint density at radius 2 is 2.08 bits per heavy atom. The van der Waals surface area contributed by atoms with E-state index in [1.54, 1.807) is 13.8 Å². The van der Waals surface area contributed by atoms with Crippen molar-refractivity contribution < 1.29 is 14.4 Å². The van der Waals surface area contributed by atoms with Gasteiger partial charge in [0.1, 0.15) is 12.1 Å². The van der Waals surface area contributed by atoms with Crippen LogP contribution in [0.15, 0.2) is 24.3 Å². The maximum Gasteiger partial charge on any atom is 0.325 e. The summed E-state index contributed by atoms with van der Waals surface area (Å²) in [5.74, 6) is -0.812. The van der Waals surface area contributed by atoms with Crippen LogP contribution in [0.5, 0.6) is 0 Å². The first-order valence-electron chi connectivity index (χ1n) is 8.46. The molecule has 1 aliphatic carbocycles. The van der Waals surface area contributed by atoms with Crippen LogP contribution in [-0.2, 0) is 21.5 Å². The van der Waals surface area contributed by atoms with Gasteiger partial charge in [-0.3, -0.25) is 19.6 Å². The van der Waals surface area contributed by atoms with Crippen LogP contribution in [0.1, 0.15) is 28.9 Å².